The second-order valence-corrected chi connectivity index (χ2v) is 9.48. The Kier molecular flexibility index (Phi) is 7.71. The van der Waals surface area contributed by atoms with Crippen LogP contribution in [0.4, 0.5) is 0 Å². The summed E-state index contributed by atoms with van der Waals surface area (Å²) in [4.78, 5) is 49.4. The molecule has 180 valence electrons. The molecule has 0 unspecified atom stereocenters. The first-order chi connectivity index (χ1) is 16.0. The maximum absolute atomic E-state index is 12.5. The fourth-order valence-electron chi connectivity index (χ4n) is 3.65. The first kappa shape index (κ1) is 25.0. The number of amides is 3. The van der Waals surface area contributed by atoms with Crippen molar-refractivity contribution in [3.8, 4) is 0 Å². The van der Waals surface area contributed by atoms with Gasteiger partial charge in [-0.25, -0.2) is 0 Å². The van der Waals surface area contributed by atoms with Crippen molar-refractivity contribution in [3.63, 3.8) is 0 Å². The van der Waals surface area contributed by atoms with Crippen LogP contribution in [0.15, 0.2) is 54.6 Å². The molecule has 8 heteroatoms. The van der Waals surface area contributed by atoms with Crippen LogP contribution in [0.1, 0.15) is 61.6 Å². The standard InChI is InChI=1S/C26H31N3O5/c1-17(18-8-6-5-7-9-18)27-22(30)16-34-25(33)20-14-23(31)29(15-20)28-24(32)19-10-12-21(13-11-19)26(2,3)4/h5-13,17,20H,14-16H2,1-4H3,(H,27,30)(H,28,32)/t17-,20-/m1/s1. The minimum Gasteiger partial charge on any atom is -0.455 e. The zero-order valence-corrected chi connectivity index (χ0v) is 20.0. The number of nitrogens with one attached hydrogen (secondary N) is 2. The van der Waals surface area contributed by atoms with E-state index < -0.39 is 30.3 Å². The van der Waals surface area contributed by atoms with Crippen molar-refractivity contribution >= 4 is 23.7 Å². The Balaban J connectivity index is 1.47. The normalized spacial score (nSPS) is 16.6. The predicted molar refractivity (Wildman–Crippen MR) is 126 cm³/mol. The van der Waals surface area contributed by atoms with E-state index in [1.165, 1.54) is 0 Å². The van der Waals surface area contributed by atoms with Crippen LogP contribution in [0.2, 0.25) is 0 Å². The Morgan fingerprint density at radius 3 is 2.32 bits per heavy atom. The van der Waals surface area contributed by atoms with E-state index >= 15 is 0 Å². The minimum absolute atomic E-state index is 0.00841. The molecule has 0 bridgehead atoms. The molecular weight excluding hydrogens is 434 g/mol. The zero-order valence-electron chi connectivity index (χ0n) is 20.0. The molecule has 0 saturated carbocycles. The number of carbonyl (C=O) groups is 4. The van der Waals surface area contributed by atoms with Crippen LogP contribution in [0.25, 0.3) is 0 Å². The first-order valence-corrected chi connectivity index (χ1v) is 11.3. The van der Waals surface area contributed by atoms with E-state index in [0.717, 1.165) is 16.1 Å². The Hall–Kier alpha value is -3.68. The van der Waals surface area contributed by atoms with Crippen LogP contribution in [0, 0.1) is 5.92 Å². The van der Waals surface area contributed by atoms with Crippen molar-refractivity contribution in [2.45, 2.75) is 45.6 Å². The highest BCUT2D eigenvalue weighted by atomic mass is 16.5. The average Bonchev–Trinajstić information content (AvgIpc) is 3.17. The maximum Gasteiger partial charge on any atom is 0.311 e. The molecule has 1 heterocycles. The molecule has 0 aromatic heterocycles. The summed E-state index contributed by atoms with van der Waals surface area (Å²) < 4.78 is 5.11. The monoisotopic (exact) mass is 465 g/mol. The van der Waals surface area contributed by atoms with Gasteiger partial charge in [-0.05, 0) is 35.6 Å². The summed E-state index contributed by atoms with van der Waals surface area (Å²) in [6, 6.07) is 16.4. The maximum atomic E-state index is 12.5. The van der Waals surface area contributed by atoms with E-state index in [2.05, 4.69) is 31.5 Å². The number of benzene rings is 2. The molecule has 1 fully saturated rings. The van der Waals surface area contributed by atoms with Crippen molar-refractivity contribution < 1.29 is 23.9 Å². The summed E-state index contributed by atoms with van der Waals surface area (Å²) >= 11 is 0. The van der Waals surface area contributed by atoms with Gasteiger partial charge >= 0.3 is 5.97 Å². The smallest absolute Gasteiger partial charge is 0.311 e. The van der Waals surface area contributed by atoms with Crippen molar-refractivity contribution in [2.75, 3.05) is 13.2 Å². The molecule has 0 radical (unpaired) electrons. The number of rotatable bonds is 7. The van der Waals surface area contributed by atoms with Gasteiger partial charge in [-0.15, -0.1) is 0 Å². The number of hydrogen-bond donors (Lipinski definition) is 2. The molecule has 3 amide bonds. The van der Waals surface area contributed by atoms with Crippen LogP contribution >= 0.6 is 0 Å². The Bertz CT molecular complexity index is 1040. The highest BCUT2D eigenvalue weighted by Gasteiger charge is 2.36. The molecular formula is C26H31N3O5. The third kappa shape index (κ3) is 6.43. The zero-order chi connectivity index (χ0) is 24.9. The van der Waals surface area contributed by atoms with Gasteiger partial charge < -0.3 is 10.1 Å². The summed E-state index contributed by atoms with van der Waals surface area (Å²) in [6.45, 7) is 7.63. The fourth-order valence-corrected chi connectivity index (χ4v) is 3.65. The molecule has 2 atom stereocenters. The molecule has 1 aliphatic heterocycles. The lowest BCUT2D eigenvalue weighted by Gasteiger charge is -2.20. The van der Waals surface area contributed by atoms with E-state index in [9.17, 15) is 19.2 Å². The fraction of sp³-hybridized carbons (Fsp3) is 0.385. The van der Waals surface area contributed by atoms with Crippen LogP contribution in [0.3, 0.4) is 0 Å². The molecule has 1 aliphatic rings. The van der Waals surface area contributed by atoms with Gasteiger partial charge in [-0.2, -0.15) is 0 Å². The predicted octanol–water partition coefficient (Wildman–Crippen LogP) is 2.90. The average molecular weight is 466 g/mol. The van der Waals surface area contributed by atoms with Gasteiger partial charge in [0.15, 0.2) is 6.61 Å². The quantitative estimate of drug-likeness (QED) is 0.612. The molecule has 2 N–H and O–H groups in total. The SMILES string of the molecule is C[C@@H](NC(=O)COC(=O)[C@@H]1CC(=O)N(NC(=O)c2ccc(C(C)(C)C)cc2)C1)c1ccccc1. The number of hydrogen-bond acceptors (Lipinski definition) is 5. The van der Waals surface area contributed by atoms with E-state index in [0.29, 0.717) is 5.56 Å². The molecule has 0 spiro atoms. The van der Waals surface area contributed by atoms with Crippen molar-refractivity contribution in [3.05, 3.63) is 71.3 Å². The molecule has 3 rings (SSSR count). The lowest BCUT2D eigenvalue weighted by molar-refractivity contribution is -0.152. The third-order valence-corrected chi connectivity index (χ3v) is 5.73. The Morgan fingerprint density at radius 1 is 1.06 bits per heavy atom. The molecule has 1 saturated heterocycles. The Labute approximate surface area is 199 Å². The highest BCUT2D eigenvalue weighted by Crippen LogP contribution is 2.22. The van der Waals surface area contributed by atoms with Crippen LogP contribution in [-0.4, -0.2) is 41.9 Å². The third-order valence-electron chi connectivity index (χ3n) is 5.73. The summed E-state index contributed by atoms with van der Waals surface area (Å²) in [7, 11) is 0. The van der Waals surface area contributed by atoms with Gasteiger partial charge in [-0.3, -0.25) is 29.6 Å². The van der Waals surface area contributed by atoms with Crippen LogP contribution in [0.5, 0.6) is 0 Å². The topological polar surface area (TPSA) is 105 Å². The number of nitrogens with zero attached hydrogens (tertiary/aromatic N) is 1. The van der Waals surface area contributed by atoms with E-state index in [-0.39, 0.29) is 30.3 Å². The van der Waals surface area contributed by atoms with E-state index in [1.54, 1.807) is 12.1 Å². The van der Waals surface area contributed by atoms with Gasteiger partial charge in [0, 0.05) is 12.0 Å². The summed E-state index contributed by atoms with van der Waals surface area (Å²) in [5, 5.41) is 3.89. The summed E-state index contributed by atoms with van der Waals surface area (Å²) in [5.74, 6) is -2.66. The minimum atomic E-state index is -0.754. The first-order valence-electron chi connectivity index (χ1n) is 11.3. The van der Waals surface area contributed by atoms with Crippen LogP contribution < -0.4 is 10.7 Å². The second-order valence-electron chi connectivity index (χ2n) is 9.48. The molecule has 0 aliphatic carbocycles. The molecule has 2 aromatic carbocycles. The van der Waals surface area contributed by atoms with Crippen molar-refractivity contribution in [2.24, 2.45) is 5.92 Å². The number of hydrazine groups is 1. The second kappa shape index (κ2) is 10.5. The van der Waals surface area contributed by atoms with Gasteiger partial charge in [0.2, 0.25) is 5.91 Å². The van der Waals surface area contributed by atoms with E-state index in [4.69, 9.17) is 4.74 Å². The van der Waals surface area contributed by atoms with Gasteiger partial charge in [0.05, 0.1) is 18.5 Å². The Morgan fingerprint density at radius 2 is 1.71 bits per heavy atom. The van der Waals surface area contributed by atoms with Crippen molar-refractivity contribution in [1.82, 2.24) is 15.8 Å². The summed E-state index contributed by atoms with van der Waals surface area (Å²) in [5.41, 5.74) is 4.95. The van der Waals surface area contributed by atoms with E-state index in [1.807, 2.05) is 49.4 Å². The van der Waals surface area contributed by atoms with Gasteiger partial charge in [-0.1, -0.05) is 63.2 Å². The van der Waals surface area contributed by atoms with Gasteiger partial charge in [0.1, 0.15) is 0 Å². The lowest BCUT2D eigenvalue weighted by atomic mass is 9.87. The highest BCUT2D eigenvalue weighted by molar-refractivity contribution is 5.96. The lowest BCUT2D eigenvalue weighted by Crippen LogP contribution is -2.43. The van der Waals surface area contributed by atoms with Gasteiger partial charge in [0.25, 0.3) is 11.8 Å². The molecule has 8 nitrogen and oxygen atoms in total. The number of carbonyl (C=O) groups excluding carboxylic acids is 4. The van der Waals surface area contributed by atoms with Crippen LogP contribution in [-0.2, 0) is 24.5 Å². The van der Waals surface area contributed by atoms with Crippen molar-refractivity contribution in [1.29, 1.82) is 0 Å². The summed E-state index contributed by atoms with van der Waals surface area (Å²) in [6.07, 6.45) is -0.0931. The largest absolute Gasteiger partial charge is 0.455 e. The number of ether oxygens (including phenoxy) is 1. The number of esters is 1. The molecule has 34 heavy (non-hydrogen) atoms. The molecule has 2 aromatic rings.